The number of aromatic hydroxyl groups is 1. The molecule has 0 aliphatic rings. The lowest BCUT2D eigenvalue weighted by Gasteiger charge is -2.12. The Balaban J connectivity index is 2.19. The fraction of sp³-hybridized carbons (Fsp3) is 0.143. The molecule has 0 fully saturated rings. The summed E-state index contributed by atoms with van der Waals surface area (Å²) >= 11 is 12.1. The number of phenolic OH excluding ortho intramolecular Hbond substituents is 1. The molecular weight excluding hydrogens is 285 g/mol. The molecule has 0 unspecified atom stereocenters. The van der Waals surface area contributed by atoms with Gasteiger partial charge in [0.15, 0.2) is 0 Å². The van der Waals surface area contributed by atoms with Gasteiger partial charge in [-0.3, -0.25) is 0 Å². The molecular formula is C14H13Cl2NO2. The van der Waals surface area contributed by atoms with Gasteiger partial charge in [-0.1, -0.05) is 29.3 Å². The maximum atomic E-state index is 9.79. The Bertz CT molecular complexity index is 567. The van der Waals surface area contributed by atoms with Gasteiger partial charge in [-0.15, -0.1) is 0 Å². The van der Waals surface area contributed by atoms with Crippen LogP contribution in [-0.4, -0.2) is 12.2 Å². The van der Waals surface area contributed by atoms with Crippen LogP contribution in [0.15, 0.2) is 36.4 Å². The Morgan fingerprint density at radius 1 is 1.16 bits per heavy atom. The summed E-state index contributed by atoms with van der Waals surface area (Å²) in [5.41, 5.74) is 1.35. The Labute approximate surface area is 121 Å². The number of nitrogens with one attached hydrogen (secondary N) is 1. The van der Waals surface area contributed by atoms with Gasteiger partial charge < -0.3 is 15.2 Å². The van der Waals surface area contributed by atoms with E-state index in [1.165, 1.54) is 0 Å². The van der Waals surface area contributed by atoms with Gasteiger partial charge in [-0.2, -0.15) is 0 Å². The van der Waals surface area contributed by atoms with Crippen LogP contribution in [0, 0.1) is 0 Å². The predicted octanol–water partition coefficient (Wildman–Crippen LogP) is 4.32. The number of halogens is 2. The molecule has 0 radical (unpaired) electrons. The maximum absolute atomic E-state index is 9.79. The third-order valence-electron chi connectivity index (χ3n) is 2.71. The largest absolute Gasteiger partial charge is 0.508 e. The van der Waals surface area contributed by atoms with E-state index in [0.29, 0.717) is 33.6 Å². The second kappa shape index (κ2) is 6.04. The summed E-state index contributed by atoms with van der Waals surface area (Å²) in [6.45, 7) is 0.395. The van der Waals surface area contributed by atoms with Crippen molar-refractivity contribution >= 4 is 28.9 Å². The molecule has 100 valence electrons. The van der Waals surface area contributed by atoms with E-state index in [9.17, 15) is 5.11 Å². The first-order valence-corrected chi connectivity index (χ1v) is 6.41. The van der Waals surface area contributed by atoms with Gasteiger partial charge in [0.25, 0.3) is 0 Å². The lowest BCUT2D eigenvalue weighted by molar-refractivity contribution is 0.411. The second-order valence-electron chi connectivity index (χ2n) is 3.94. The Kier molecular flexibility index (Phi) is 4.40. The van der Waals surface area contributed by atoms with Gasteiger partial charge in [0, 0.05) is 12.1 Å². The summed E-state index contributed by atoms with van der Waals surface area (Å²) in [6.07, 6.45) is 0. The van der Waals surface area contributed by atoms with Crippen molar-refractivity contribution in [2.75, 3.05) is 12.4 Å². The highest BCUT2D eigenvalue weighted by Gasteiger charge is 2.07. The number of para-hydroxylation sites is 1. The van der Waals surface area contributed by atoms with Gasteiger partial charge in [0.05, 0.1) is 22.8 Å². The molecule has 19 heavy (non-hydrogen) atoms. The minimum atomic E-state index is 0.191. The molecule has 0 atom stereocenters. The second-order valence-corrected chi connectivity index (χ2v) is 4.76. The first-order valence-electron chi connectivity index (χ1n) is 5.65. The van der Waals surface area contributed by atoms with Crippen LogP contribution in [0.5, 0.6) is 11.5 Å². The number of anilines is 1. The number of methoxy groups -OCH3 is 1. The van der Waals surface area contributed by atoms with Crippen molar-refractivity contribution in [1.82, 2.24) is 0 Å². The molecule has 2 rings (SSSR count). The molecule has 0 aliphatic carbocycles. The van der Waals surface area contributed by atoms with Crippen molar-refractivity contribution in [3.05, 3.63) is 52.0 Å². The average molecular weight is 298 g/mol. The molecule has 2 N–H and O–H groups in total. The van der Waals surface area contributed by atoms with E-state index < -0.39 is 0 Å². The molecule has 0 saturated carbocycles. The van der Waals surface area contributed by atoms with Crippen LogP contribution < -0.4 is 10.1 Å². The Hall–Kier alpha value is -1.58. The fourth-order valence-corrected chi connectivity index (χ4v) is 2.21. The van der Waals surface area contributed by atoms with Gasteiger partial charge in [0.1, 0.15) is 11.5 Å². The summed E-state index contributed by atoms with van der Waals surface area (Å²) in [6, 6.07) is 10.3. The fourth-order valence-electron chi connectivity index (χ4n) is 1.68. The van der Waals surface area contributed by atoms with Crippen LogP contribution in [0.3, 0.4) is 0 Å². The minimum Gasteiger partial charge on any atom is -0.508 e. The third kappa shape index (κ3) is 3.25. The molecule has 2 aromatic rings. The van der Waals surface area contributed by atoms with Crippen molar-refractivity contribution in [1.29, 1.82) is 0 Å². The number of benzene rings is 2. The number of phenols is 1. The highest BCUT2D eigenvalue weighted by molar-refractivity contribution is 6.39. The third-order valence-corrected chi connectivity index (χ3v) is 3.33. The first kappa shape index (κ1) is 13.8. The van der Waals surface area contributed by atoms with E-state index in [2.05, 4.69) is 5.32 Å². The van der Waals surface area contributed by atoms with Crippen LogP contribution >= 0.6 is 23.2 Å². The molecule has 3 nitrogen and oxygen atoms in total. The average Bonchev–Trinajstić information content (AvgIpc) is 2.40. The van der Waals surface area contributed by atoms with Gasteiger partial charge >= 0.3 is 0 Å². The maximum Gasteiger partial charge on any atom is 0.120 e. The van der Waals surface area contributed by atoms with Crippen molar-refractivity contribution < 1.29 is 9.84 Å². The number of rotatable bonds is 4. The topological polar surface area (TPSA) is 41.5 Å². The van der Waals surface area contributed by atoms with E-state index in [4.69, 9.17) is 27.9 Å². The normalized spacial score (nSPS) is 10.3. The molecule has 2 aromatic carbocycles. The summed E-state index contributed by atoms with van der Waals surface area (Å²) in [4.78, 5) is 0. The lowest BCUT2D eigenvalue weighted by Crippen LogP contribution is -2.01. The van der Waals surface area contributed by atoms with Crippen LogP contribution in [0.25, 0.3) is 0 Å². The van der Waals surface area contributed by atoms with Crippen LogP contribution in [0.2, 0.25) is 10.0 Å². The molecule has 0 amide bonds. The Morgan fingerprint density at radius 2 is 1.84 bits per heavy atom. The highest BCUT2D eigenvalue weighted by Crippen LogP contribution is 2.31. The smallest absolute Gasteiger partial charge is 0.120 e. The first-order chi connectivity index (χ1) is 9.11. The molecule has 0 spiro atoms. The zero-order valence-electron chi connectivity index (χ0n) is 10.3. The van der Waals surface area contributed by atoms with Gasteiger partial charge in [-0.25, -0.2) is 0 Å². The zero-order valence-corrected chi connectivity index (χ0v) is 11.8. The standard InChI is InChI=1S/C14H13Cl2NO2/c1-19-10-5-6-13(18)9(7-10)8-17-14-11(15)3-2-4-12(14)16/h2-7,17-18H,8H2,1H3. The SMILES string of the molecule is COc1ccc(O)c(CNc2c(Cl)cccc2Cl)c1. The quantitative estimate of drug-likeness (QED) is 0.883. The van der Waals surface area contributed by atoms with E-state index in [1.807, 2.05) is 0 Å². The Morgan fingerprint density at radius 3 is 2.47 bits per heavy atom. The monoisotopic (exact) mass is 297 g/mol. The van der Waals surface area contributed by atoms with Crippen molar-refractivity contribution in [3.8, 4) is 11.5 Å². The zero-order chi connectivity index (χ0) is 13.8. The summed E-state index contributed by atoms with van der Waals surface area (Å²) in [5.74, 6) is 0.872. The molecule has 0 bridgehead atoms. The van der Waals surface area contributed by atoms with Crippen LogP contribution in [0.1, 0.15) is 5.56 Å². The number of hydrogen-bond donors (Lipinski definition) is 2. The predicted molar refractivity (Wildman–Crippen MR) is 78.4 cm³/mol. The molecule has 5 heteroatoms. The van der Waals surface area contributed by atoms with E-state index in [0.717, 1.165) is 0 Å². The molecule has 0 saturated heterocycles. The lowest BCUT2D eigenvalue weighted by atomic mass is 10.2. The number of hydrogen-bond acceptors (Lipinski definition) is 3. The molecule has 0 aliphatic heterocycles. The summed E-state index contributed by atoms with van der Waals surface area (Å²) in [5, 5.41) is 14.0. The van der Waals surface area contributed by atoms with Crippen LogP contribution in [-0.2, 0) is 6.54 Å². The van der Waals surface area contributed by atoms with Gasteiger partial charge in [-0.05, 0) is 30.3 Å². The van der Waals surface area contributed by atoms with Crippen molar-refractivity contribution in [2.45, 2.75) is 6.54 Å². The summed E-state index contributed by atoms with van der Waals surface area (Å²) in [7, 11) is 1.58. The highest BCUT2D eigenvalue weighted by atomic mass is 35.5. The van der Waals surface area contributed by atoms with E-state index in [-0.39, 0.29) is 5.75 Å². The van der Waals surface area contributed by atoms with E-state index in [1.54, 1.807) is 43.5 Å². The number of ether oxygens (including phenoxy) is 1. The summed E-state index contributed by atoms with van der Waals surface area (Å²) < 4.78 is 5.12. The van der Waals surface area contributed by atoms with E-state index >= 15 is 0 Å². The van der Waals surface area contributed by atoms with Crippen molar-refractivity contribution in [3.63, 3.8) is 0 Å². The van der Waals surface area contributed by atoms with Crippen LogP contribution in [0.4, 0.5) is 5.69 Å². The minimum absolute atomic E-state index is 0.191. The molecule has 0 heterocycles. The van der Waals surface area contributed by atoms with Crippen molar-refractivity contribution in [2.24, 2.45) is 0 Å². The van der Waals surface area contributed by atoms with Gasteiger partial charge in [0.2, 0.25) is 0 Å². The molecule has 0 aromatic heterocycles.